The highest BCUT2D eigenvalue weighted by Gasteiger charge is 2.10. The highest BCUT2D eigenvalue weighted by molar-refractivity contribution is 6.30. The molecule has 2 rings (SSSR count). The van der Waals surface area contributed by atoms with E-state index in [1.807, 2.05) is 29.8 Å². The molecule has 0 aliphatic carbocycles. The summed E-state index contributed by atoms with van der Waals surface area (Å²) in [6.07, 6.45) is 3.41. The predicted octanol–water partition coefficient (Wildman–Crippen LogP) is 1.84. The first kappa shape index (κ1) is 11.0. The first-order valence-electron chi connectivity index (χ1n) is 5.05. The third-order valence-corrected chi connectivity index (χ3v) is 2.85. The molecule has 0 atom stereocenters. The third-order valence-electron chi connectivity index (χ3n) is 2.54. The van der Waals surface area contributed by atoms with Crippen molar-refractivity contribution in [3.63, 3.8) is 0 Å². The van der Waals surface area contributed by atoms with E-state index in [0.29, 0.717) is 11.1 Å². The van der Waals surface area contributed by atoms with Crippen molar-refractivity contribution in [3.05, 3.63) is 40.9 Å². The molecule has 0 amide bonds. The number of hydrogen-bond acceptors (Lipinski definition) is 3. The standard InChI is InChI=1S/C11H13ClN4/c1-16-9(10(12)15-11(16)13)6-5-8-4-2-3-7-14-8/h2-4,7H,5-6H2,1H3,(H2,13,15). The molecule has 0 saturated carbocycles. The molecular formula is C11H13ClN4. The zero-order valence-corrected chi connectivity index (χ0v) is 9.78. The molecule has 0 bridgehead atoms. The summed E-state index contributed by atoms with van der Waals surface area (Å²) in [6, 6.07) is 5.87. The molecule has 2 aromatic heterocycles. The van der Waals surface area contributed by atoms with Gasteiger partial charge in [0.1, 0.15) is 0 Å². The van der Waals surface area contributed by atoms with Gasteiger partial charge in [0.05, 0.1) is 5.69 Å². The molecule has 2 N–H and O–H groups in total. The Balaban J connectivity index is 2.11. The lowest BCUT2D eigenvalue weighted by Crippen LogP contribution is -2.03. The monoisotopic (exact) mass is 236 g/mol. The smallest absolute Gasteiger partial charge is 0.201 e. The van der Waals surface area contributed by atoms with E-state index in [1.165, 1.54) is 0 Å². The SMILES string of the molecule is Cn1c(N)nc(Cl)c1CCc1ccccn1. The Morgan fingerprint density at radius 2 is 2.19 bits per heavy atom. The van der Waals surface area contributed by atoms with Crippen molar-refractivity contribution < 1.29 is 0 Å². The summed E-state index contributed by atoms with van der Waals surface area (Å²) in [5.74, 6) is 0.445. The van der Waals surface area contributed by atoms with Gasteiger partial charge >= 0.3 is 0 Å². The van der Waals surface area contributed by atoms with Crippen LogP contribution < -0.4 is 5.73 Å². The van der Waals surface area contributed by atoms with E-state index in [0.717, 1.165) is 24.2 Å². The fraction of sp³-hybridized carbons (Fsp3) is 0.273. The molecule has 0 spiro atoms. The van der Waals surface area contributed by atoms with Gasteiger partial charge in [-0.25, -0.2) is 4.98 Å². The molecule has 0 saturated heterocycles. The van der Waals surface area contributed by atoms with Crippen LogP contribution in [-0.4, -0.2) is 14.5 Å². The lowest BCUT2D eigenvalue weighted by Gasteiger charge is -2.03. The normalized spacial score (nSPS) is 10.6. The Labute approximate surface area is 99.1 Å². The third kappa shape index (κ3) is 2.17. The van der Waals surface area contributed by atoms with Crippen molar-refractivity contribution in [1.29, 1.82) is 0 Å². The molecule has 84 valence electrons. The number of pyridine rings is 1. The highest BCUT2D eigenvalue weighted by Crippen LogP contribution is 2.18. The number of nitrogens with zero attached hydrogens (tertiary/aromatic N) is 3. The number of imidazole rings is 1. The van der Waals surface area contributed by atoms with Crippen LogP contribution in [0.5, 0.6) is 0 Å². The van der Waals surface area contributed by atoms with E-state index in [9.17, 15) is 0 Å². The molecule has 0 radical (unpaired) electrons. The molecule has 4 nitrogen and oxygen atoms in total. The molecule has 0 aliphatic rings. The fourth-order valence-corrected chi connectivity index (χ4v) is 1.89. The molecule has 5 heteroatoms. The summed E-state index contributed by atoms with van der Waals surface area (Å²) < 4.78 is 1.81. The predicted molar refractivity (Wildman–Crippen MR) is 64.3 cm³/mol. The second-order valence-electron chi connectivity index (χ2n) is 3.59. The van der Waals surface area contributed by atoms with Crippen LogP contribution in [0.1, 0.15) is 11.4 Å². The minimum Gasteiger partial charge on any atom is -0.369 e. The van der Waals surface area contributed by atoms with E-state index < -0.39 is 0 Å². The van der Waals surface area contributed by atoms with Crippen LogP contribution >= 0.6 is 11.6 Å². The van der Waals surface area contributed by atoms with Crippen molar-refractivity contribution in [2.24, 2.45) is 7.05 Å². The Kier molecular flexibility index (Phi) is 3.10. The van der Waals surface area contributed by atoms with E-state index in [-0.39, 0.29) is 0 Å². The minimum atomic E-state index is 0.445. The zero-order valence-electron chi connectivity index (χ0n) is 9.02. The second-order valence-corrected chi connectivity index (χ2v) is 3.95. The van der Waals surface area contributed by atoms with Gasteiger partial charge in [-0.2, -0.15) is 0 Å². The van der Waals surface area contributed by atoms with Crippen molar-refractivity contribution in [2.75, 3.05) is 5.73 Å². The highest BCUT2D eigenvalue weighted by atomic mass is 35.5. The van der Waals surface area contributed by atoms with E-state index in [4.69, 9.17) is 17.3 Å². The number of hydrogen-bond donors (Lipinski definition) is 1. The second kappa shape index (κ2) is 4.53. The Hall–Kier alpha value is -1.55. The molecule has 0 fully saturated rings. The van der Waals surface area contributed by atoms with Gasteiger partial charge in [-0.1, -0.05) is 17.7 Å². The zero-order chi connectivity index (χ0) is 11.5. The number of aryl methyl sites for hydroxylation is 1. The summed E-state index contributed by atoms with van der Waals surface area (Å²) >= 11 is 5.98. The Morgan fingerprint density at radius 3 is 2.75 bits per heavy atom. The summed E-state index contributed by atoms with van der Waals surface area (Å²) in [5, 5.41) is 0.482. The Bertz CT molecular complexity index is 478. The quantitative estimate of drug-likeness (QED) is 0.885. The van der Waals surface area contributed by atoms with Crippen LogP contribution in [0, 0.1) is 0 Å². The average molecular weight is 237 g/mol. The van der Waals surface area contributed by atoms with Crippen LogP contribution in [-0.2, 0) is 19.9 Å². The van der Waals surface area contributed by atoms with Crippen LogP contribution in [0.3, 0.4) is 0 Å². The van der Waals surface area contributed by atoms with Gasteiger partial charge < -0.3 is 10.3 Å². The largest absolute Gasteiger partial charge is 0.369 e. The molecule has 0 aromatic carbocycles. The number of aromatic nitrogens is 3. The first-order chi connectivity index (χ1) is 7.68. The number of nitrogens with two attached hydrogens (primary N) is 1. The fourth-order valence-electron chi connectivity index (χ4n) is 1.58. The lowest BCUT2D eigenvalue weighted by atomic mass is 10.2. The van der Waals surface area contributed by atoms with Gasteiger partial charge in [-0.05, 0) is 25.0 Å². The Morgan fingerprint density at radius 1 is 1.38 bits per heavy atom. The summed E-state index contributed by atoms with van der Waals surface area (Å²) in [6.45, 7) is 0. The number of anilines is 1. The molecular weight excluding hydrogens is 224 g/mol. The molecule has 2 heterocycles. The van der Waals surface area contributed by atoms with Crippen LogP contribution in [0.15, 0.2) is 24.4 Å². The first-order valence-corrected chi connectivity index (χ1v) is 5.42. The van der Waals surface area contributed by atoms with Gasteiger partial charge in [-0.15, -0.1) is 0 Å². The summed E-state index contributed by atoms with van der Waals surface area (Å²) in [7, 11) is 1.86. The van der Waals surface area contributed by atoms with Gasteiger partial charge in [0.2, 0.25) is 5.95 Å². The molecule has 0 unspecified atom stereocenters. The lowest BCUT2D eigenvalue weighted by molar-refractivity contribution is 0.796. The van der Waals surface area contributed by atoms with Crippen molar-refractivity contribution >= 4 is 17.5 Å². The number of nitrogen functional groups attached to an aromatic ring is 1. The topological polar surface area (TPSA) is 56.7 Å². The number of rotatable bonds is 3. The molecule has 16 heavy (non-hydrogen) atoms. The van der Waals surface area contributed by atoms with E-state index >= 15 is 0 Å². The molecule has 2 aromatic rings. The van der Waals surface area contributed by atoms with E-state index in [1.54, 1.807) is 6.20 Å². The maximum absolute atomic E-state index is 5.98. The molecule has 0 aliphatic heterocycles. The van der Waals surface area contributed by atoms with Crippen LogP contribution in [0.2, 0.25) is 5.15 Å². The van der Waals surface area contributed by atoms with Crippen molar-refractivity contribution in [1.82, 2.24) is 14.5 Å². The van der Waals surface area contributed by atoms with E-state index in [2.05, 4.69) is 9.97 Å². The minimum absolute atomic E-state index is 0.445. The average Bonchev–Trinajstić information content (AvgIpc) is 2.53. The number of halogens is 1. The maximum Gasteiger partial charge on any atom is 0.201 e. The summed E-state index contributed by atoms with van der Waals surface area (Å²) in [4.78, 5) is 8.26. The maximum atomic E-state index is 5.98. The van der Waals surface area contributed by atoms with Crippen LogP contribution in [0.4, 0.5) is 5.95 Å². The van der Waals surface area contributed by atoms with Crippen molar-refractivity contribution in [3.8, 4) is 0 Å². The van der Waals surface area contributed by atoms with Gasteiger partial charge in [0, 0.05) is 18.9 Å². The van der Waals surface area contributed by atoms with Gasteiger partial charge in [0.15, 0.2) is 5.15 Å². The van der Waals surface area contributed by atoms with Gasteiger partial charge in [0.25, 0.3) is 0 Å². The summed E-state index contributed by atoms with van der Waals surface area (Å²) in [5.41, 5.74) is 7.65. The van der Waals surface area contributed by atoms with Gasteiger partial charge in [-0.3, -0.25) is 4.98 Å². The van der Waals surface area contributed by atoms with Crippen molar-refractivity contribution in [2.45, 2.75) is 12.8 Å². The van der Waals surface area contributed by atoms with Crippen LogP contribution in [0.25, 0.3) is 0 Å².